The second-order valence-electron chi connectivity index (χ2n) is 4.24. The Morgan fingerprint density at radius 3 is 2.24 bits per heavy atom. The quantitative estimate of drug-likeness (QED) is 0.805. The highest BCUT2D eigenvalue weighted by atomic mass is 35.5. The molecule has 6 heteroatoms. The Bertz CT molecular complexity index is 562. The van der Waals surface area contributed by atoms with Gasteiger partial charge in [-0.15, -0.1) is 0 Å². The van der Waals surface area contributed by atoms with Gasteiger partial charge in [0.25, 0.3) is 0 Å². The van der Waals surface area contributed by atoms with Crippen molar-refractivity contribution in [2.75, 3.05) is 6.26 Å². The Kier molecular flexibility index (Phi) is 3.91. The first kappa shape index (κ1) is 14.5. The predicted octanol–water partition coefficient (Wildman–Crippen LogP) is 3.00. The van der Waals surface area contributed by atoms with Crippen molar-refractivity contribution in [1.29, 1.82) is 0 Å². The fourth-order valence-electron chi connectivity index (χ4n) is 1.16. The molecule has 17 heavy (non-hydrogen) atoms. The molecule has 0 aliphatic heterocycles. The van der Waals surface area contributed by atoms with Gasteiger partial charge in [0, 0.05) is 16.8 Å². The molecule has 1 aromatic carbocycles. The summed E-state index contributed by atoms with van der Waals surface area (Å²) in [6.07, 6.45) is 1.02. The number of hydrogen-bond acceptors (Lipinski definition) is 3. The van der Waals surface area contributed by atoms with E-state index in [4.69, 9.17) is 23.2 Å². The van der Waals surface area contributed by atoms with Crippen molar-refractivity contribution in [3.05, 3.63) is 33.8 Å². The van der Waals surface area contributed by atoms with Crippen molar-refractivity contribution in [2.24, 2.45) is 0 Å². The van der Waals surface area contributed by atoms with Crippen LogP contribution in [0.5, 0.6) is 0 Å². The third-order valence-electron chi connectivity index (χ3n) is 2.65. The lowest BCUT2D eigenvalue weighted by atomic mass is 10.0. The van der Waals surface area contributed by atoms with Crippen LogP contribution >= 0.6 is 23.2 Å². The van der Waals surface area contributed by atoms with E-state index in [0.717, 1.165) is 6.26 Å². The van der Waals surface area contributed by atoms with Crippen molar-refractivity contribution in [1.82, 2.24) is 0 Å². The van der Waals surface area contributed by atoms with Gasteiger partial charge in [-0.05, 0) is 32.0 Å². The van der Waals surface area contributed by atoms with E-state index in [9.17, 15) is 13.2 Å². The number of halogens is 2. The van der Waals surface area contributed by atoms with E-state index < -0.39 is 20.4 Å². The molecule has 0 saturated heterocycles. The Balaban J connectivity index is 3.36. The molecular weight excluding hydrogens is 283 g/mol. The van der Waals surface area contributed by atoms with Crippen LogP contribution in [0, 0.1) is 0 Å². The van der Waals surface area contributed by atoms with Crippen molar-refractivity contribution < 1.29 is 13.2 Å². The molecule has 0 aliphatic rings. The van der Waals surface area contributed by atoms with Gasteiger partial charge in [0.2, 0.25) is 0 Å². The first-order valence-corrected chi connectivity index (χ1v) is 7.41. The van der Waals surface area contributed by atoms with Crippen LogP contribution in [-0.4, -0.2) is 25.2 Å². The maximum Gasteiger partial charge on any atom is 0.184 e. The minimum atomic E-state index is -3.53. The number of benzene rings is 1. The lowest BCUT2D eigenvalue weighted by Gasteiger charge is -2.21. The van der Waals surface area contributed by atoms with Gasteiger partial charge >= 0.3 is 0 Å². The molecule has 3 nitrogen and oxygen atoms in total. The monoisotopic (exact) mass is 294 g/mol. The van der Waals surface area contributed by atoms with Crippen molar-refractivity contribution in [2.45, 2.75) is 18.6 Å². The second kappa shape index (κ2) is 4.59. The van der Waals surface area contributed by atoms with Crippen molar-refractivity contribution in [3.8, 4) is 0 Å². The summed E-state index contributed by atoms with van der Waals surface area (Å²) in [6, 6.07) is 4.38. The van der Waals surface area contributed by atoms with Crippen LogP contribution in [0.1, 0.15) is 24.2 Å². The molecule has 0 saturated carbocycles. The molecule has 1 aromatic rings. The van der Waals surface area contributed by atoms with Gasteiger partial charge in [-0.25, -0.2) is 8.42 Å². The van der Waals surface area contributed by atoms with Gasteiger partial charge in [-0.3, -0.25) is 4.79 Å². The fraction of sp³-hybridized carbons (Fsp3) is 0.364. The first-order chi connectivity index (χ1) is 7.57. The molecule has 0 radical (unpaired) electrons. The number of Topliss-reactive ketones (excluding diaryl/α,β-unsaturated/α-hetero) is 1. The smallest absolute Gasteiger partial charge is 0.184 e. The van der Waals surface area contributed by atoms with Crippen molar-refractivity contribution in [3.63, 3.8) is 0 Å². The Morgan fingerprint density at radius 1 is 1.24 bits per heavy atom. The standard InChI is InChI=1S/C11H12Cl2O3S/c1-11(2,17(3,15)16)10(14)8-6-7(12)4-5-9(8)13/h4-6H,1-3H3. The summed E-state index contributed by atoms with van der Waals surface area (Å²) >= 11 is 11.6. The fourth-order valence-corrected chi connectivity index (χ4v) is 1.99. The highest BCUT2D eigenvalue weighted by Crippen LogP contribution is 2.28. The molecule has 0 aliphatic carbocycles. The van der Waals surface area contributed by atoms with Crippen LogP contribution in [0.15, 0.2) is 18.2 Å². The van der Waals surface area contributed by atoms with Gasteiger partial charge in [-0.1, -0.05) is 23.2 Å². The van der Waals surface area contributed by atoms with E-state index in [1.165, 1.54) is 32.0 Å². The summed E-state index contributed by atoms with van der Waals surface area (Å²) in [5.74, 6) is -0.562. The van der Waals surface area contributed by atoms with E-state index in [0.29, 0.717) is 5.02 Å². The molecule has 0 N–H and O–H groups in total. The molecule has 0 atom stereocenters. The van der Waals surface area contributed by atoms with Crippen LogP contribution < -0.4 is 0 Å². The SMILES string of the molecule is CC(C)(C(=O)c1cc(Cl)ccc1Cl)S(C)(=O)=O. The maximum atomic E-state index is 12.2. The normalized spacial score (nSPS) is 12.5. The summed E-state index contributed by atoms with van der Waals surface area (Å²) in [4.78, 5) is 12.2. The predicted molar refractivity (Wildman–Crippen MR) is 69.7 cm³/mol. The zero-order valence-corrected chi connectivity index (χ0v) is 11.9. The summed E-state index contributed by atoms with van der Waals surface area (Å²) in [5.41, 5.74) is 0.120. The number of carbonyl (C=O) groups is 1. The third kappa shape index (κ3) is 2.81. The van der Waals surface area contributed by atoms with Gasteiger partial charge < -0.3 is 0 Å². The van der Waals surface area contributed by atoms with Gasteiger partial charge in [0.05, 0.1) is 5.02 Å². The molecule has 0 aromatic heterocycles. The number of rotatable bonds is 3. The molecule has 0 heterocycles. The topological polar surface area (TPSA) is 51.2 Å². The average molecular weight is 295 g/mol. The second-order valence-corrected chi connectivity index (χ2v) is 7.64. The lowest BCUT2D eigenvalue weighted by molar-refractivity contribution is 0.0954. The lowest BCUT2D eigenvalue weighted by Crippen LogP contribution is -2.40. The zero-order valence-electron chi connectivity index (χ0n) is 9.62. The minimum Gasteiger partial charge on any atom is -0.292 e. The van der Waals surface area contributed by atoms with Crippen LogP contribution in [-0.2, 0) is 9.84 Å². The van der Waals surface area contributed by atoms with E-state index in [-0.39, 0.29) is 10.6 Å². The molecular formula is C11H12Cl2O3S. The van der Waals surface area contributed by atoms with Crippen molar-refractivity contribution >= 4 is 38.8 Å². The van der Waals surface area contributed by atoms with Crippen LogP contribution in [0.3, 0.4) is 0 Å². The number of ketones is 1. The van der Waals surface area contributed by atoms with E-state index in [2.05, 4.69) is 0 Å². The third-order valence-corrected chi connectivity index (χ3v) is 5.25. The highest BCUT2D eigenvalue weighted by molar-refractivity contribution is 7.92. The highest BCUT2D eigenvalue weighted by Gasteiger charge is 2.39. The summed E-state index contributed by atoms with van der Waals surface area (Å²) < 4.78 is 21.6. The first-order valence-electron chi connectivity index (χ1n) is 4.77. The van der Waals surface area contributed by atoms with E-state index >= 15 is 0 Å². The summed E-state index contributed by atoms with van der Waals surface area (Å²) in [6.45, 7) is 2.70. The summed E-state index contributed by atoms with van der Waals surface area (Å²) in [5, 5.41) is 0.526. The molecule has 0 spiro atoms. The molecule has 0 fully saturated rings. The molecule has 94 valence electrons. The van der Waals surface area contributed by atoms with Gasteiger partial charge in [-0.2, -0.15) is 0 Å². The van der Waals surface area contributed by atoms with Gasteiger partial charge in [0.1, 0.15) is 4.75 Å². The van der Waals surface area contributed by atoms with Crippen LogP contribution in [0.2, 0.25) is 10.0 Å². The Hall–Kier alpha value is -0.580. The Morgan fingerprint density at radius 2 is 1.76 bits per heavy atom. The summed E-state index contributed by atoms with van der Waals surface area (Å²) in [7, 11) is -3.53. The molecule has 0 bridgehead atoms. The van der Waals surface area contributed by atoms with Crippen LogP contribution in [0.4, 0.5) is 0 Å². The molecule has 1 rings (SSSR count). The van der Waals surface area contributed by atoms with Crippen LogP contribution in [0.25, 0.3) is 0 Å². The number of hydrogen-bond donors (Lipinski definition) is 0. The van der Waals surface area contributed by atoms with Gasteiger partial charge in [0.15, 0.2) is 15.6 Å². The largest absolute Gasteiger partial charge is 0.292 e. The number of carbonyl (C=O) groups excluding carboxylic acids is 1. The molecule has 0 amide bonds. The Labute approximate surface area is 111 Å². The number of sulfone groups is 1. The average Bonchev–Trinajstić information content (AvgIpc) is 2.19. The van der Waals surface area contributed by atoms with E-state index in [1.807, 2.05) is 0 Å². The molecule has 0 unspecified atom stereocenters. The van der Waals surface area contributed by atoms with E-state index in [1.54, 1.807) is 0 Å². The zero-order chi connectivity index (χ0) is 13.4. The maximum absolute atomic E-state index is 12.2. The minimum absolute atomic E-state index is 0.120.